The summed E-state index contributed by atoms with van der Waals surface area (Å²) in [5.74, 6) is 1.13. The van der Waals surface area contributed by atoms with Gasteiger partial charge in [-0.25, -0.2) is 0 Å². The molecule has 2 N–H and O–H groups in total. The summed E-state index contributed by atoms with van der Waals surface area (Å²) < 4.78 is 0. The molecular formula is C19H27N3O. The Hall–Kier alpha value is -1.55. The molecular weight excluding hydrogens is 286 g/mol. The van der Waals surface area contributed by atoms with E-state index in [9.17, 15) is 4.79 Å². The Kier molecular flexibility index (Phi) is 4.02. The topological polar surface area (TPSA) is 44.4 Å². The molecule has 2 fully saturated rings. The van der Waals surface area contributed by atoms with Crippen LogP contribution in [0, 0.1) is 5.92 Å². The molecule has 0 unspecified atom stereocenters. The van der Waals surface area contributed by atoms with Crippen LogP contribution in [-0.4, -0.2) is 36.0 Å². The zero-order valence-electron chi connectivity index (χ0n) is 13.8. The zero-order valence-corrected chi connectivity index (χ0v) is 13.8. The van der Waals surface area contributed by atoms with E-state index in [0.29, 0.717) is 13.0 Å². The Labute approximate surface area is 138 Å². The Bertz CT molecular complexity index is 584. The molecule has 2 heterocycles. The van der Waals surface area contributed by atoms with Crippen molar-refractivity contribution in [3.63, 3.8) is 0 Å². The summed E-state index contributed by atoms with van der Waals surface area (Å²) in [6, 6.07) is 8.39. The van der Waals surface area contributed by atoms with E-state index in [0.717, 1.165) is 25.3 Å². The van der Waals surface area contributed by atoms with E-state index in [-0.39, 0.29) is 11.4 Å². The van der Waals surface area contributed by atoms with Crippen LogP contribution in [0.4, 0.5) is 5.69 Å². The predicted octanol–water partition coefficient (Wildman–Crippen LogP) is 2.75. The number of hydrogen-bond donors (Lipinski definition) is 2. The highest BCUT2D eigenvalue weighted by Crippen LogP contribution is 2.35. The number of benzene rings is 1. The van der Waals surface area contributed by atoms with Crippen molar-refractivity contribution in [3.05, 3.63) is 29.8 Å². The fraction of sp³-hybridized carbons (Fsp3) is 0.632. The molecule has 0 aromatic heterocycles. The fourth-order valence-electron chi connectivity index (χ4n) is 4.09. The molecule has 0 bridgehead atoms. The number of nitrogens with one attached hydrogen (secondary N) is 2. The molecule has 4 rings (SSSR count). The number of anilines is 1. The maximum absolute atomic E-state index is 12.3. The van der Waals surface area contributed by atoms with Gasteiger partial charge >= 0.3 is 0 Å². The van der Waals surface area contributed by atoms with Crippen LogP contribution in [0.25, 0.3) is 0 Å². The summed E-state index contributed by atoms with van der Waals surface area (Å²) in [6.07, 6.45) is 6.73. The van der Waals surface area contributed by atoms with Crippen LogP contribution < -0.4 is 10.6 Å². The van der Waals surface area contributed by atoms with Gasteiger partial charge in [0.15, 0.2) is 0 Å². The van der Waals surface area contributed by atoms with Gasteiger partial charge in [0.05, 0.1) is 0 Å². The third kappa shape index (κ3) is 3.52. The lowest BCUT2D eigenvalue weighted by atomic mass is 9.85. The first-order valence-corrected chi connectivity index (χ1v) is 9.08. The standard InChI is InChI=1S/C19H27N3O/c23-18-12-19(21-17-5-2-1-4-16(17)13-20-18)8-3-10-22(11-9-19)14-15-6-7-15/h1-2,4-5,15,21H,3,6-14H2,(H,20,23)/t19-/m1/s1. The second-order valence-electron chi connectivity index (χ2n) is 7.61. The maximum Gasteiger partial charge on any atom is 0.222 e. The van der Waals surface area contributed by atoms with Gasteiger partial charge in [-0.1, -0.05) is 18.2 Å². The van der Waals surface area contributed by atoms with Crippen molar-refractivity contribution >= 4 is 11.6 Å². The molecule has 1 amide bonds. The van der Waals surface area contributed by atoms with E-state index in [2.05, 4.69) is 33.7 Å². The lowest BCUT2D eigenvalue weighted by Crippen LogP contribution is -2.46. The van der Waals surface area contributed by atoms with Gasteiger partial charge in [0.1, 0.15) is 0 Å². The molecule has 1 saturated heterocycles. The summed E-state index contributed by atoms with van der Waals surface area (Å²) in [5.41, 5.74) is 2.31. The molecule has 4 heteroatoms. The summed E-state index contributed by atoms with van der Waals surface area (Å²) in [4.78, 5) is 15.0. The second-order valence-corrected chi connectivity index (χ2v) is 7.61. The third-order valence-corrected chi connectivity index (χ3v) is 5.64. The van der Waals surface area contributed by atoms with Gasteiger partial charge in [-0.2, -0.15) is 0 Å². The number of fused-ring (bicyclic) bond motifs is 1. The number of amides is 1. The molecule has 23 heavy (non-hydrogen) atoms. The minimum absolute atomic E-state index is 0.0844. The molecule has 1 atom stereocenters. The number of hydrogen-bond acceptors (Lipinski definition) is 3. The molecule has 1 aliphatic carbocycles. The Morgan fingerprint density at radius 1 is 1.17 bits per heavy atom. The van der Waals surface area contributed by atoms with Crippen LogP contribution in [0.5, 0.6) is 0 Å². The number of carbonyl (C=O) groups excluding carboxylic acids is 1. The third-order valence-electron chi connectivity index (χ3n) is 5.64. The van der Waals surface area contributed by atoms with Crippen molar-refractivity contribution in [2.45, 2.75) is 50.6 Å². The molecule has 1 aromatic carbocycles. The minimum atomic E-state index is -0.0844. The van der Waals surface area contributed by atoms with E-state index in [1.807, 2.05) is 6.07 Å². The predicted molar refractivity (Wildman–Crippen MR) is 92.3 cm³/mol. The van der Waals surface area contributed by atoms with E-state index >= 15 is 0 Å². The van der Waals surface area contributed by atoms with Gasteiger partial charge in [-0.3, -0.25) is 4.79 Å². The summed E-state index contributed by atoms with van der Waals surface area (Å²) >= 11 is 0. The zero-order chi connectivity index (χ0) is 15.7. The lowest BCUT2D eigenvalue weighted by molar-refractivity contribution is -0.122. The molecule has 1 saturated carbocycles. The highest BCUT2D eigenvalue weighted by Gasteiger charge is 2.37. The number of carbonyl (C=O) groups is 1. The van der Waals surface area contributed by atoms with Crippen molar-refractivity contribution in [2.75, 3.05) is 25.0 Å². The van der Waals surface area contributed by atoms with E-state index in [1.165, 1.54) is 43.6 Å². The SMILES string of the molecule is O=C1C[C@]2(CCCN(CC3CC3)CC2)Nc2ccccc2CN1. The van der Waals surface area contributed by atoms with Gasteiger partial charge in [-0.05, 0) is 56.2 Å². The first kappa shape index (κ1) is 15.0. The van der Waals surface area contributed by atoms with Gasteiger partial charge in [-0.15, -0.1) is 0 Å². The Balaban J connectivity index is 1.54. The average molecular weight is 313 g/mol. The van der Waals surface area contributed by atoms with Crippen molar-refractivity contribution in [1.82, 2.24) is 10.2 Å². The lowest BCUT2D eigenvalue weighted by Gasteiger charge is -2.37. The summed E-state index contributed by atoms with van der Waals surface area (Å²) in [6.45, 7) is 4.19. The van der Waals surface area contributed by atoms with Crippen LogP contribution in [0.15, 0.2) is 24.3 Å². The maximum atomic E-state index is 12.3. The Morgan fingerprint density at radius 2 is 2.04 bits per heavy atom. The summed E-state index contributed by atoms with van der Waals surface area (Å²) in [5, 5.41) is 6.88. The van der Waals surface area contributed by atoms with Gasteiger partial charge in [0.2, 0.25) is 5.91 Å². The first-order chi connectivity index (χ1) is 11.2. The van der Waals surface area contributed by atoms with E-state index in [1.54, 1.807) is 0 Å². The molecule has 3 aliphatic rings. The van der Waals surface area contributed by atoms with E-state index < -0.39 is 0 Å². The fourth-order valence-corrected chi connectivity index (χ4v) is 4.09. The second kappa shape index (κ2) is 6.16. The van der Waals surface area contributed by atoms with Crippen LogP contribution in [-0.2, 0) is 11.3 Å². The monoisotopic (exact) mass is 313 g/mol. The van der Waals surface area contributed by atoms with Gasteiger partial charge in [0, 0.05) is 37.3 Å². The number of para-hydroxylation sites is 1. The number of nitrogens with zero attached hydrogens (tertiary/aromatic N) is 1. The van der Waals surface area contributed by atoms with Crippen molar-refractivity contribution in [1.29, 1.82) is 0 Å². The van der Waals surface area contributed by atoms with E-state index in [4.69, 9.17) is 0 Å². The van der Waals surface area contributed by atoms with Crippen LogP contribution >= 0.6 is 0 Å². The Morgan fingerprint density at radius 3 is 2.91 bits per heavy atom. The van der Waals surface area contributed by atoms with Crippen molar-refractivity contribution in [3.8, 4) is 0 Å². The molecule has 2 aliphatic heterocycles. The smallest absolute Gasteiger partial charge is 0.222 e. The summed E-state index contributed by atoms with van der Waals surface area (Å²) in [7, 11) is 0. The number of rotatable bonds is 2. The van der Waals surface area contributed by atoms with Crippen LogP contribution in [0.2, 0.25) is 0 Å². The molecule has 124 valence electrons. The largest absolute Gasteiger partial charge is 0.379 e. The van der Waals surface area contributed by atoms with Crippen LogP contribution in [0.1, 0.15) is 44.1 Å². The van der Waals surface area contributed by atoms with Crippen molar-refractivity contribution < 1.29 is 4.79 Å². The van der Waals surface area contributed by atoms with Gasteiger partial charge < -0.3 is 15.5 Å². The number of likely N-dealkylation sites (tertiary alicyclic amines) is 1. The van der Waals surface area contributed by atoms with Gasteiger partial charge in [0.25, 0.3) is 0 Å². The van der Waals surface area contributed by atoms with Crippen LogP contribution in [0.3, 0.4) is 0 Å². The highest BCUT2D eigenvalue weighted by atomic mass is 16.1. The molecule has 0 radical (unpaired) electrons. The molecule has 4 nitrogen and oxygen atoms in total. The minimum Gasteiger partial charge on any atom is -0.379 e. The average Bonchev–Trinajstić information content (AvgIpc) is 3.35. The quantitative estimate of drug-likeness (QED) is 0.882. The molecule has 1 spiro atoms. The highest BCUT2D eigenvalue weighted by molar-refractivity contribution is 5.79. The molecule has 1 aromatic rings. The first-order valence-electron chi connectivity index (χ1n) is 9.08. The normalized spacial score (nSPS) is 29.0. The van der Waals surface area contributed by atoms with Crippen molar-refractivity contribution in [2.24, 2.45) is 5.92 Å².